The van der Waals surface area contributed by atoms with Crippen LogP contribution >= 0.6 is 23.4 Å². The number of nitrogens with zero attached hydrogens (tertiary/aromatic N) is 1. The average molecular weight is 423 g/mol. The van der Waals surface area contributed by atoms with Crippen LogP contribution in [0.5, 0.6) is 0 Å². The number of rotatable bonds is 4. The van der Waals surface area contributed by atoms with Gasteiger partial charge in [0, 0.05) is 9.77 Å². The normalized spacial score (nSPS) is 29.9. The smallest absolute Gasteiger partial charge is 0.327 e. The first-order valence-electron chi connectivity index (χ1n) is 9.47. The number of nitrogens with one attached hydrogen (secondary N) is 1. The van der Waals surface area contributed by atoms with E-state index in [9.17, 15) is 19.5 Å². The number of carbonyl (C=O) groups is 3. The lowest BCUT2D eigenvalue weighted by molar-refractivity contribution is -0.161. The zero-order valence-electron chi connectivity index (χ0n) is 15.8. The number of carbonyl (C=O) groups excluding carboxylic acids is 2. The van der Waals surface area contributed by atoms with Gasteiger partial charge in [-0.15, -0.1) is 11.8 Å². The van der Waals surface area contributed by atoms with Gasteiger partial charge >= 0.3 is 5.97 Å². The lowest BCUT2D eigenvalue weighted by Crippen LogP contribution is -2.71. The number of carboxylic acids is 1. The minimum Gasteiger partial charge on any atom is -0.480 e. The molecule has 6 nitrogen and oxygen atoms in total. The summed E-state index contributed by atoms with van der Waals surface area (Å²) in [5, 5.41) is 12.8. The van der Waals surface area contributed by atoms with Gasteiger partial charge in [-0.2, -0.15) is 0 Å². The number of thioether (sulfide) groups is 1. The maximum Gasteiger partial charge on any atom is 0.327 e. The molecule has 2 aliphatic heterocycles. The van der Waals surface area contributed by atoms with E-state index in [-0.39, 0.29) is 17.2 Å². The van der Waals surface area contributed by atoms with Gasteiger partial charge in [0.1, 0.15) is 17.5 Å². The summed E-state index contributed by atoms with van der Waals surface area (Å²) in [6.45, 7) is 3.65. The minimum atomic E-state index is -1.01. The second-order valence-electron chi connectivity index (χ2n) is 8.35. The molecule has 2 amide bonds. The molecule has 0 bridgehead atoms. The number of β-lactam (4-membered cyclic amide) rings is 1. The van der Waals surface area contributed by atoms with Crippen molar-refractivity contribution in [2.24, 2.45) is 0 Å². The van der Waals surface area contributed by atoms with E-state index < -0.39 is 28.2 Å². The summed E-state index contributed by atoms with van der Waals surface area (Å²) in [7, 11) is 0. The van der Waals surface area contributed by atoms with Gasteiger partial charge in [-0.3, -0.25) is 9.59 Å². The zero-order valence-corrected chi connectivity index (χ0v) is 17.3. The number of halogens is 1. The van der Waals surface area contributed by atoms with Gasteiger partial charge in [0.15, 0.2) is 0 Å². The molecule has 0 unspecified atom stereocenters. The van der Waals surface area contributed by atoms with Crippen molar-refractivity contribution in [3.8, 4) is 0 Å². The summed E-state index contributed by atoms with van der Waals surface area (Å²) in [6, 6.07) is 5.79. The van der Waals surface area contributed by atoms with E-state index in [1.165, 1.54) is 16.7 Å². The Morgan fingerprint density at radius 3 is 2.39 bits per heavy atom. The first-order chi connectivity index (χ1) is 13.2. The molecule has 2 N–H and O–H groups in total. The van der Waals surface area contributed by atoms with Crippen LogP contribution in [0.3, 0.4) is 0 Å². The molecule has 1 saturated carbocycles. The molecule has 28 heavy (non-hydrogen) atoms. The summed E-state index contributed by atoms with van der Waals surface area (Å²) in [5.74, 6) is -1.47. The van der Waals surface area contributed by atoms with Crippen LogP contribution in [0.4, 0.5) is 0 Å². The lowest BCUT2D eigenvalue weighted by Gasteiger charge is -2.44. The Bertz CT molecular complexity index is 835. The summed E-state index contributed by atoms with van der Waals surface area (Å²) in [5.41, 5.74) is 0.259. The topological polar surface area (TPSA) is 86.7 Å². The molecular weight excluding hydrogens is 400 g/mol. The van der Waals surface area contributed by atoms with Crippen molar-refractivity contribution < 1.29 is 19.5 Å². The number of hydrogen-bond donors (Lipinski definition) is 2. The van der Waals surface area contributed by atoms with Crippen molar-refractivity contribution in [2.75, 3.05) is 0 Å². The summed E-state index contributed by atoms with van der Waals surface area (Å²) < 4.78 is -0.604. The molecule has 3 atom stereocenters. The van der Waals surface area contributed by atoms with E-state index in [4.69, 9.17) is 11.6 Å². The predicted octanol–water partition coefficient (Wildman–Crippen LogP) is 2.78. The van der Waals surface area contributed by atoms with Crippen molar-refractivity contribution >= 4 is 41.1 Å². The van der Waals surface area contributed by atoms with Crippen molar-refractivity contribution in [1.29, 1.82) is 0 Å². The summed E-state index contributed by atoms with van der Waals surface area (Å²) in [6.07, 6.45) is 3.36. The molecule has 8 heteroatoms. The van der Waals surface area contributed by atoms with E-state index >= 15 is 0 Å². The maximum absolute atomic E-state index is 13.3. The lowest BCUT2D eigenvalue weighted by atomic mass is 9.77. The summed E-state index contributed by atoms with van der Waals surface area (Å²) >= 11 is 7.44. The molecule has 3 aliphatic rings. The molecule has 0 radical (unpaired) electrons. The average Bonchev–Trinajstić information content (AvgIpc) is 3.22. The Kier molecular flexibility index (Phi) is 4.66. The monoisotopic (exact) mass is 422 g/mol. The van der Waals surface area contributed by atoms with Gasteiger partial charge in [-0.05, 0) is 44.4 Å². The number of fused-ring (bicyclic) bond motifs is 1. The van der Waals surface area contributed by atoms with E-state index in [1.807, 2.05) is 26.0 Å². The molecule has 1 aromatic rings. The van der Waals surface area contributed by atoms with Crippen LogP contribution in [0.2, 0.25) is 5.02 Å². The van der Waals surface area contributed by atoms with Crippen LogP contribution in [-0.2, 0) is 19.8 Å². The predicted molar refractivity (Wildman–Crippen MR) is 107 cm³/mol. The molecule has 4 rings (SSSR count). The highest BCUT2D eigenvalue weighted by atomic mass is 35.5. The van der Waals surface area contributed by atoms with E-state index in [2.05, 4.69) is 5.32 Å². The van der Waals surface area contributed by atoms with Gasteiger partial charge < -0.3 is 15.3 Å². The Hall–Kier alpha value is -1.73. The summed E-state index contributed by atoms with van der Waals surface area (Å²) in [4.78, 5) is 39.1. The highest BCUT2D eigenvalue weighted by Gasteiger charge is 2.64. The molecule has 3 fully saturated rings. The molecule has 2 heterocycles. The fraction of sp³-hybridized carbons (Fsp3) is 0.550. The molecule has 1 aliphatic carbocycles. The van der Waals surface area contributed by atoms with Gasteiger partial charge in [0.05, 0.1) is 5.41 Å². The van der Waals surface area contributed by atoms with Crippen LogP contribution in [0.25, 0.3) is 0 Å². The first-order valence-corrected chi connectivity index (χ1v) is 10.7. The second-order valence-corrected chi connectivity index (χ2v) is 10.6. The van der Waals surface area contributed by atoms with Gasteiger partial charge in [-0.1, -0.05) is 36.6 Å². The third-order valence-electron chi connectivity index (χ3n) is 6.25. The van der Waals surface area contributed by atoms with E-state index in [0.717, 1.165) is 31.2 Å². The molecule has 150 valence electrons. The maximum atomic E-state index is 13.3. The molecule has 1 aromatic carbocycles. The Balaban J connectivity index is 1.56. The molecular formula is C20H23ClN2O4S. The zero-order chi connectivity index (χ0) is 20.3. The Labute approximate surface area is 173 Å². The first kappa shape index (κ1) is 19.6. The number of hydrogen-bond acceptors (Lipinski definition) is 4. The molecule has 0 aromatic heterocycles. The molecule has 2 saturated heterocycles. The Morgan fingerprint density at radius 2 is 1.82 bits per heavy atom. The number of benzene rings is 1. The second kappa shape index (κ2) is 6.66. The third kappa shape index (κ3) is 2.82. The fourth-order valence-electron chi connectivity index (χ4n) is 4.82. The van der Waals surface area contributed by atoms with Crippen LogP contribution in [0.1, 0.15) is 45.1 Å². The Morgan fingerprint density at radius 1 is 1.21 bits per heavy atom. The van der Waals surface area contributed by atoms with Gasteiger partial charge in [0.2, 0.25) is 11.8 Å². The van der Waals surface area contributed by atoms with Crippen LogP contribution < -0.4 is 5.32 Å². The van der Waals surface area contributed by atoms with Crippen LogP contribution in [0, 0.1) is 0 Å². The largest absolute Gasteiger partial charge is 0.480 e. The number of carboxylic acid groups (broad SMARTS) is 1. The SMILES string of the molecule is CC1(C)S[C@@H]2[C@H](NC(=O)C3(c4ccc(Cl)cc4)CCCC3)C(=O)N2[C@H]1C(=O)O. The highest BCUT2D eigenvalue weighted by molar-refractivity contribution is 8.01. The van der Waals surface area contributed by atoms with Crippen molar-refractivity contribution in [3.63, 3.8) is 0 Å². The van der Waals surface area contributed by atoms with Gasteiger partial charge in [-0.25, -0.2) is 4.79 Å². The van der Waals surface area contributed by atoms with E-state index in [1.54, 1.807) is 12.1 Å². The van der Waals surface area contributed by atoms with Crippen molar-refractivity contribution in [2.45, 2.75) is 67.2 Å². The van der Waals surface area contributed by atoms with Crippen LogP contribution in [0.15, 0.2) is 24.3 Å². The number of amides is 2. The highest BCUT2D eigenvalue weighted by Crippen LogP contribution is 2.51. The van der Waals surface area contributed by atoms with Crippen molar-refractivity contribution in [1.82, 2.24) is 10.2 Å². The van der Waals surface area contributed by atoms with Crippen LogP contribution in [-0.4, -0.2) is 50.0 Å². The van der Waals surface area contributed by atoms with Gasteiger partial charge in [0.25, 0.3) is 0 Å². The number of aliphatic carboxylic acids is 1. The van der Waals surface area contributed by atoms with E-state index in [0.29, 0.717) is 5.02 Å². The standard InChI is InChI=1S/C20H23ClN2O4S/c1-19(2)14(17(25)26)23-15(24)13(16(23)28-19)22-18(27)20(9-3-4-10-20)11-5-7-12(21)8-6-11/h5-8,13-14,16H,3-4,9-10H2,1-2H3,(H,22,27)(H,25,26)/t13-,14+,16-/m1/s1. The third-order valence-corrected chi connectivity index (χ3v) is 8.07. The minimum absolute atomic E-state index is 0.150. The fourth-order valence-corrected chi connectivity index (χ4v) is 6.57. The molecule has 0 spiro atoms. The van der Waals surface area contributed by atoms with Crippen molar-refractivity contribution in [3.05, 3.63) is 34.9 Å². The quantitative estimate of drug-likeness (QED) is 0.728.